The summed E-state index contributed by atoms with van der Waals surface area (Å²) in [7, 11) is 0. The summed E-state index contributed by atoms with van der Waals surface area (Å²) in [5, 5.41) is 0. The molecule has 19 heavy (non-hydrogen) atoms. The molecule has 4 nitrogen and oxygen atoms in total. The molecule has 0 aliphatic carbocycles. The largest absolute Gasteiger partial charge is 0.469 e. The van der Waals surface area contributed by atoms with Crippen LogP contribution in [0.25, 0.3) is 0 Å². The van der Waals surface area contributed by atoms with E-state index in [1.807, 2.05) is 23.1 Å². The van der Waals surface area contributed by atoms with Gasteiger partial charge in [-0.1, -0.05) is 0 Å². The number of carbonyl (C=O) groups excluding carboxylic acids is 1. The van der Waals surface area contributed by atoms with E-state index in [4.69, 9.17) is 4.42 Å². The topological polar surface area (TPSA) is 38.4 Å². The number of furan rings is 1. The van der Waals surface area contributed by atoms with Crippen molar-refractivity contribution in [2.45, 2.75) is 32.4 Å². The van der Waals surface area contributed by atoms with Crippen LogP contribution in [0.5, 0.6) is 0 Å². The van der Waals surface area contributed by atoms with Gasteiger partial charge in [-0.3, -0.25) is 4.79 Å². The lowest BCUT2D eigenvalue weighted by Crippen LogP contribution is -2.40. The van der Waals surface area contributed by atoms with E-state index >= 15 is 0 Å². The van der Waals surface area contributed by atoms with Crippen LogP contribution in [0.3, 0.4) is 0 Å². The predicted molar refractivity (Wildman–Crippen MR) is 71.6 cm³/mol. The zero-order valence-electron chi connectivity index (χ0n) is 11.1. The molecule has 0 fully saturated rings. The zero-order valence-corrected chi connectivity index (χ0v) is 11.1. The number of rotatable bonds is 3. The van der Waals surface area contributed by atoms with Crippen molar-refractivity contribution < 1.29 is 9.21 Å². The normalized spacial score (nSPS) is 18.4. The number of hydrogen-bond acceptors (Lipinski definition) is 2. The van der Waals surface area contributed by atoms with Crippen molar-refractivity contribution in [1.29, 1.82) is 0 Å². The molecule has 1 atom stereocenters. The Bertz CT molecular complexity index is 556. The highest BCUT2D eigenvalue weighted by atomic mass is 16.3. The summed E-state index contributed by atoms with van der Waals surface area (Å²) in [6.45, 7) is 3.77. The molecule has 4 heteroatoms. The fourth-order valence-electron chi connectivity index (χ4n) is 2.75. The first kappa shape index (κ1) is 12.1. The van der Waals surface area contributed by atoms with Crippen molar-refractivity contribution >= 4 is 5.91 Å². The summed E-state index contributed by atoms with van der Waals surface area (Å²) in [6.07, 6.45) is 4.92. The van der Waals surface area contributed by atoms with E-state index in [1.165, 1.54) is 5.69 Å². The molecule has 100 valence electrons. The van der Waals surface area contributed by atoms with Gasteiger partial charge >= 0.3 is 0 Å². The Kier molecular flexibility index (Phi) is 3.15. The number of nitrogens with zero attached hydrogens (tertiary/aromatic N) is 2. The first-order valence-electron chi connectivity index (χ1n) is 6.72. The van der Waals surface area contributed by atoms with Crippen LogP contribution in [0.2, 0.25) is 0 Å². The van der Waals surface area contributed by atoms with Crippen molar-refractivity contribution in [3.8, 4) is 0 Å². The van der Waals surface area contributed by atoms with Gasteiger partial charge in [-0.15, -0.1) is 0 Å². The van der Waals surface area contributed by atoms with Gasteiger partial charge in [-0.05, 0) is 31.2 Å². The Morgan fingerprint density at radius 1 is 1.37 bits per heavy atom. The lowest BCUT2D eigenvalue weighted by molar-refractivity contribution is -0.134. The number of aromatic nitrogens is 1. The zero-order chi connectivity index (χ0) is 13.2. The second-order valence-electron chi connectivity index (χ2n) is 4.97. The number of amides is 1. The Morgan fingerprint density at radius 3 is 3.05 bits per heavy atom. The highest BCUT2D eigenvalue weighted by molar-refractivity contribution is 5.77. The van der Waals surface area contributed by atoms with Crippen molar-refractivity contribution in [2.75, 3.05) is 6.54 Å². The minimum Gasteiger partial charge on any atom is -0.469 e. The summed E-state index contributed by atoms with van der Waals surface area (Å²) < 4.78 is 7.49. The van der Waals surface area contributed by atoms with Crippen LogP contribution < -0.4 is 0 Å². The highest BCUT2D eigenvalue weighted by Gasteiger charge is 2.26. The summed E-state index contributed by atoms with van der Waals surface area (Å²) >= 11 is 0. The minimum atomic E-state index is 0.160. The third-order valence-corrected chi connectivity index (χ3v) is 3.83. The van der Waals surface area contributed by atoms with E-state index in [-0.39, 0.29) is 11.9 Å². The van der Waals surface area contributed by atoms with Gasteiger partial charge in [0.1, 0.15) is 5.76 Å². The predicted octanol–water partition coefficient (Wildman–Crippen LogP) is 2.62. The molecular weight excluding hydrogens is 240 g/mol. The molecule has 0 saturated carbocycles. The molecule has 1 unspecified atom stereocenters. The summed E-state index contributed by atoms with van der Waals surface area (Å²) in [5.41, 5.74) is 1.22. The van der Waals surface area contributed by atoms with Crippen LogP contribution in [0.15, 0.2) is 41.1 Å². The molecule has 3 rings (SSSR count). The second-order valence-corrected chi connectivity index (χ2v) is 4.97. The average molecular weight is 258 g/mol. The summed E-state index contributed by atoms with van der Waals surface area (Å²) in [5.74, 6) is 1.08. The summed E-state index contributed by atoms with van der Waals surface area (Å²) in [4.78, 5) is 14.3. The number of hydrogen-bond donors (Lipinski definition) is 0. The average Bonchev–Trinajstić information content (AvgIpc) is 3.07. The smallest absolute Gasteiger partial charge is 0.223 e. The molecule has 0 radical (unpaired) electrons. The molecule has 0 saturated heterocycles. The minimum absolute atomic E-state index is 0.160. The van der Waals surface area contributed by atoms with Gasteiger partial charge in [0.15, 0.2) is 0 Å². The highest BCUT2D eigenvalue weighted by Crippen LogP contribution is 2.26. The molecule has 2 aromatic rings. The Morgan fingerprint density at radius 2 is 2.26 bits per heavy atom. The Labute approximate surface area is 112 Å². The maximum Gasteiger partial charge on any atom is 0.223 e. The Hall–Kier alpha value is -1.97. The monoisotopic (exact) mass is 258 g/mol. The van der Waals surface area contributed by atoms with Crippen LogP contribution in [0.1, 0.15) is 30.8 Å². The first-order chi connectivity index (χ1) is 9.25. The van der Waals surface area contributed by atoms with Crippen molar-refractivity contribution in [3.05, 3.63) is 48.2 Å². The van der Waals surface area contributed by atoms with Crippen LogP contribution in [0.4, 0.5) is 0 Å². The molecule has 0 spiro atoms. The standard InChI is InChI=1S/C15H18N2O2/c1-12-14-5-2-8-16(14)9-10-17(12)15(18)7-6-13-4-3-11-19-13/h2-5,8,11-12H,6-7,9-10H2,1H3. The lowest BCUT2D eigenvalue weighted by atomic mass is 10.1. The molecule has 1 aliphatic rings. The number of carbonyl (C=O) groups is 1. The van der Waals surface area contributed by atoms with Gasteiger partial charge in [-0.25, -0.2) is 0 Å². The Balaban J connectivity index is 1.65. The van der Waals surface area contributed by atoms with E-state index < -0.39 is 0 Å². The first-order valence-corrected chi connectivity index (χ1v) is 6.72. The third kappa shape index (κ3) is 2.30. The van der Waals surface area contributed by atoms with Crippen LogP contribution in [-0.4, -0.2) is 21.9 Å². The lowest BCUT2D eigenvalue weighted by Gasteiger charge is -2.35. The summed E-state index contributed by atoms with van der Waals surface area (Å²) in [6, 6.07) is 8.07. The van der Waals surface area contributed by atoms with Crippen LogP contribution in [0, 0.1) is 0 Å². The second kappa shape index (κ2) is 4.96. The van der Waals surface area contributed by atoms with E-state index in [0.717, 1.165) is 18.8 Å². The molecule has 1 aliphatic heterocycles. The number of fused-ring (bicyclic) bond motifs is 1. The fraction of sp³-hybridized carbons (Fsp3) is 0.400. The maximum absolute atomic E-state index is 12.3. The van der Waals surface area contributed by atoms with Gasteiger partial charge < -0.3 is 13.9 Å². The molecular formula is C15H18N2O2. The molecule has 0 N–H and O–H groups in total. The van der Waals surface area contributed by atoms with Crippen LogP contribution >= 0.6 is 0 Å². The third-order valence-electron chi connectivity index (χ3n) is 3.83. The van der Waals surface area contributed by atoms with Gasteiger partial charge in [0.05, 0.1) is 12.3 Å². The molecule has 0 bridgehead atoms. The molecule has 0 aromatic carbocycles. The van der Waals surface area contributed by atoms with Crippen molar-refractivity contribution in [1.82, 2.24) is 9.47 Å². The van der Waals surface area contributed by atoms with E-state index in [0.29, 0.717) is 12.8 Å². The molecule has 1 amide bonds. The van der Waals surface area contributed by atoms with Crippen molar-refractivity contribution in [2.24, 2.45) is 0 Å². The van der Waals surface area contributed by atoms with E-state index in [9.17, 15) is 4.79 Å². The maximum atomic E-state index is 12.3. The SMILES string of the molecule is CC1c2cccn2CCN1C(=O)CCc1ccco1. The number of aryl methyl sites for hydroxylation is 1. The quantitative estimate of drug-likeness (QED) is 0.848. The van der Waals surface area contributed by atoms with E-state index in [2.05, 4.69) is 23.8 Å². The van der Waals surface area contributed by atoms with Gasteiger partial charge in [0, 0.05) is 37.8 Å². The van der Waals surface area contributed by atoms with Gasteiger partial charge in [0.25, 0.3) is 0 Å². The van der Waals surface area contributed by atoms with E-state index in [1.54, 1.807) is 6.26 Å². The fourth-order valence-corrected chi connectivity index (χ4v) is 2.75. The molecule has 2 aromatic heterocycles. The van der Waals surface area contributed by atoms with Crippen LogP contribution in [-0.2, 0) is 17.8 Å². The molecule has 3 heterocycles. The van der Waals surface area contributed by atoms with Crippen molar-refractivity contribution in [3.63, 3.8) is 0 Å². The van der Waals surface area contributed by atoms with Gasteiger partial charge in [0.2, 0.25) is 5.91 Å². The van der Waals surface area contributed by atoms with Gasteiger partial charge in [-0.2, -0.15) is 0 Å².